The molecule has 0 amide bonds. The lowest BCUT2D eigenvalue weighted by atomic mass is 9.78. The minimum atomic E-state index is 0.259. The Bertz CT molecular complexity index is 799. The number of pyridine rings is 1. The third kappa shape index (κ3) is 4.48. The van der Waals surface area contributed by atoms with Gasteiger partial charge in [-0.25, -0.2) is 9.67 Å². The monoisotopic (exact) mass is 367 g/mol. The topological polar surface area (TPSA) is 47.8 Å². The molecule has 4 nitrogen and oxygen atoms in total. The summed E-state index contributed by atoms with van der Waals surface area (Å²) in [6.07, 6.45) is 5.28. The molecule has 2 unspecified atom stereocenters. The highest BCUT2D eigenvalue weighted by Gasteiger charge is 2.34. The average molecular weight is 368 g/mol. The highest BCUT2D eigenvalue weighted by Crippen LogP contribution is 2.35. The van der Waals surface area contributed by atoms with Crippen LogP contribution < -0.4 is 0 Å². The van der Waals surface area contributed by atoms with Gasteiger partial charge in [0.05, 0.1) is 17.0 Å². The smallest absolute Gasteiger partial charge is 0.166 e. The van der Waals surface area contributed by atoms with E-state index in [0.29, 0.717) is 24.2 Å². The molecule has 0 aromatic carbocycles. The van der Waals surface area contributed by atoms with Crippen molar-refractivity contribution in [3.63, 3.8) is 0 Å². The van der Waals surface area contributed by atoms with E-state index in [1.807, 2.05) is 22.9 Å². The lowest BCUT2D eigenvalue weighted by molar-refractivity contribution is 0.0931. The van der Waals surface area contributed by atoms with Crippen LogP contribution >= 0.6 is 0 Å². The van der Waals surface area contributed by atoms with Gasteiger partial charge in [0.1, 0.15) is 0 Å². The van der Waals surface area contributed by atoms with Gasteiger partial charge in [-0.1, -0.05) is 47.6 Å². The molecule has 0 saturated heterocycles. The Kier molecular flexibility index (Phi) is 5.55. The van der Waals surface area contributed by atoms with Gasteiger partial charge in [0.15, 0.2) is 11.6 Å². The molecule has 0 radical (unpaired) electrons. The van der Waals surface area contributed by atoms with Gasteiger partial charge < -0.3 is 0 Å². The second kappa shape index (κ2) is 7.57. The summed E-state index contributed by atoms with van der Waals surface area (Å²) in [7, 11) is 0. The van der Waals surface area contributed by atoms with Crippen LogP contribution in [0.15, 0.2) is 24.4 Å². The van der Waals surface area contributed by atoms with E-state index in [0.717, 1.165) is 42.0 Å². The van der Waals surface area contributed by atoms with Gasteiger partial charge in [-0.3, -0.25) is 4.79 Å². The van der Waals surface area contributed by atoms with Crippen LogP contribution in [0.2, 0.25) is 0 Å². The minimum Gasteiger partial charge on any atom is -0.294 e. The van der Waals surface area contributed by atoms with Crippen molar-refractivity contribution < 1.29 is 4.79 Å². The third-order valence-corrected chi connectivity index (χ3v) is 5.55. The number of nitrogens with zero attached hydrogens (tertiary/aromatic N) is 3. The van der Waals surface area contributed by atoms with Crippen LogP contribution in [-0.2, 0) is 12.8 Å². The number of rotatable bonds is 5. The Labute approximate surface area is 163 Å². The van der Waals surface area contributed by atoms with Crippen molar-refractivity contribution in [3.05, 3.63) is 41.3 Å². The van der Waals surface area contributed by atoms with Crippen LogP contribution in [0.4, 0.5) is 0 Å². The van der Waals surface area contributed by atoms with E-state index in [9.17, 15) is 4.79 Å². The Morgan fingerprint density at radius 1 is 1.19 bits per heavy atom. The molecule has 0 aliphatic heterocycles. The summed E-state index contributed by atoms with van der Waals surface area (Å²) < 4.78 is 1.93. The summed E-state index contributed by atoms with van der Waals surface area (Å²) in [5.74, 6) is 2.41. The number of carbonyl (C=O) groups excluding carboxylic acids is 1. The molecule has 4 heteroatoms. The first-order chi connectivity index (χ1) is 12.7. The molecular weight excluding hydrogens is 334 g/mol. The standard InChI is InChI=1S/C23H33N3O/c1-15(2)17-12-19-22(20(27)13-17)18(11-16(3)14-23(4,5)6)25-26(19)21-9-7-8-10-24-21/h7-10,15-17H,11-14H2,1-6H3. The highest BCUT2D eigenvalue weighted by atomic mass is 16.1. The van der Waals surface area contributed by atoms with Gasteiger partial charge in [0, 0.05) is 12.6 Å². The van der Waals surface area contributed by atoms with Crippen molar-refractivity contribution in [1.82, 2.24) is 14.8 Å². The Hall–Kier alpha value is -1.97. The molecule has 3 rings (SSSR count). The van der Waals surface area contributed by atoms with Crippen molar-refractivity contribution >= 4 is 5.78 Å². The van der Waals surface area contributed by atoms with Crippen LogP contribution in [0.3, 0.4) is 0 Å². The first kappa shape index (κ1) is 19.8. The van der Waals surface area contributed by atoms with Gasteiger partial charge in [-0.05, 0) is 54.6 Å². The zero-order valence-corrected chi connectivity index (χ0v) is 17.6. The van der Waals surface area contributed by atoms with Crippen LogP contribution in [-0.4, -0.2) is 20.5 Å². The van der Waals surface area contributed by atoms with Gasteiger partial charge in [-0.2, -0.15) is 5.10 Å². The summed E-state index contributed by atoms with van der Waals surface area (Å²) in [6.45, 7) is 13.5. The molecule has 1 aliphatic carbocycles. The van der Waals surface area contributed by atoms with E-state index in [2.05, 4.69) is 46.5 Å². The molecule has 2 atom stereocenters. The average Bonchev–Trinajstić information content (AvgIpc) is 2.92. The molecule has 0 fully saturated rings. The lowest BCUT2D eigenvalue weighted by Gasteiger charge is -2.26. The number of fused-ring (bicyclic) bond motifs is 1. The van der Waals surface area contributed by atoms with E-state index in [-0.39, 0.29) is 11.2 Å². The molecule has 0 N–H and O–H groups in total. The van der Waals surface area contributed by atoms with Gasteiger partial charge in [-0.15, -0.1) is 0 Å². The van der Waals surface area contributed by atoms with E-state index in [4.69, 9.17) is 5.10 Å². The SMILES string of the molecule is CC(Cc1nn(-c2ccccn2)c2c1C(=O)CC(C(C)C)C2)CC(C)(C)C. The second-order valence-electron chi connectivity index (χ2n) is 9.78. The summed E-state index contributed by atoms with van der Waals surface area (Å²) in [6, 6.07) is 5.86. The van der Waals surface area contributed by atoms with Crippen LogP contribution in [0.1, 0.15) is 76.1 Å². The fourth-order valence-corrected chi connectivity index (χ4v) is 4.41. The van der Waals surface area contributed by atoms with Crippen LogP contribution in [0.25, 0.3) is 5.82 Å². The molecule has 0 spiro atoms. The molecule has 2 heterocycles. The van der Waals surface area contributed by atoms with Gasteiger partial charge in [0.25, 0.3) is 0 Å². The molecule has 0 saturated carbocycles. The Morgan fingerprint density at radius 3 is 2.52 bits per heavy atom. The first-order valence-electron chi connectivity index (χ1n) is 10.2. The molecule has 27 heavy (non-hydrogen) atoms. The Morgan fingerprint density at radius 2 is 1.93 bits per heavy atom. The predicted octanol–water partition coefficient (Wildman–Crippen LogP) is 5.28. The lowest BCUT2D eigenvalue weighted by Crippen LogP contribution is -2.25. The first-order valence-corrected chi connectivity index (χ1v) is 10.2. The molecule has 1 aliphatic rings. The number of hydrogen-bond donors (Lipinski definition) is 0. The van der Waals surface area contributed by atoms with Crippen molar-refractivity contribution in [2.24, 2.45) is 23.2 Å². The maximum absolute atomic E-state index is 13.1. The van der Waals surface area contributed by atoms with Gasteiger partial charge >= 0.3 is 0 Å². The zero-order chi connectivity index (χ0) is 19.8. The largest absolute Gasteiger partial charge is 0.294 e. The van der Waals surface area contributed by atoms with E-state index in [1.165, 1.54) is 0 Å². The summed E-state index contributed by atoms with van der Waals surface area (Å²) in [5.41, 5.74) is 3.16. The zero-order valence-electron chi connectivity index (χ0n) is 17.6. The maximum Gasteiger partial charge on any atom is 0.166 e. The van der Waals surface area contributed by atoms with Crippen molar-refractivity contribution in [1.29, 1.82) is 0 Å². The molecular formula is C23H33N3O. The van der Waals surface area contributed by atoms with Crippen molar-refractivity contribution in [2.45, 2.75) is 67.2 Å². The van der Waals surface area contributed by atoms with Gasteiger partial charge in [0.2, 0.25) is 0 Å². The van der Waals surface area contributed by atoms with E-state index in [1.54, 1.807) is 6.20 Å². The van der Waals surface area contributed by atoms with E-state index >= 15 is 0 Å². The fraction of sp³-hybridized carbons (Fsp3) is 0.609. The molecule has 0 bridgehead atoms. The quantitative estimate of drug-likeness (QED) is 0.722. The van der Waals surface area contributed by atoms with Crippen molar-refractivity contribution in [3.8, 4) is 5.82 Å². The molecule has 2 aromatic rings. The summed E-state index contributed by atoms with van der Waals surface area (Å²) in [5, 5.41) is 4.91. The maximum atomic E-state index is 13.1. The summed E-state index contributed by atoms with van der Waals surface area (Å²) >= 11 is 0. The normalized spacial score (nSPS) is 18.6. The highest BCUT2D eigenvalue weighted by molar-refractivity contribution is 5.99. The summed E-state index contributed by atoms with van der Waals surface area (Å²) in [4.78, 5) is 17.6. The number of hydrogen-bond acceptors (Lipinski definition) is 3. The number of Topliss-reactive ketones (excluding diaryl/α,β-unsaturated/α-hetero) is 1. The third-order valence-electron chi connectivity index (χ3n) is 5.55. The number of carbonyl (C=O) groups is 1. The fourth-order valence-electron chi connectivity index (χ4n) is 4.41. The number of aromatic nitrogens is 3. The number of ketones is 1. The predicted molar refractivity (Wildman–Crippen MR) is 109 cm³/mol. The van der Waals surface area contributed by atoms with Crippen LogP contribution in [0, 0.1) is 23.2 Å². The van der Waals surface area contributed by atoms with Crippen molar-refractivity contribution in [2.75, 3.05) is 0 Å². The van der Waals surface area contributed by atoms with E-state index < -0.39 is 0 Å². The second-order valence-corrected chi connectivity index (χ2v) is 9.78. The molecule has 146 valence electrons. The van der Waals surface area contributed by atoms with Crippen LogP contribution in [0.5, 0.6) is 0 Å². The Balaban J connectivity index is 2.02. The molecule has 2 aromatic heterocycles. The minimum absolute atomic E-state index is 0.259.